The SMILES string of the molecule is [13CH3]C[C@H]([13CH3])[C@H](N)C(=O)O. The minimum Gasteiger partial charge on any atom is -0.480 e. The summed E-state index contributed by atoms with van der Waals surface area (Å²) in [5.74, 6) is -0.841. The first-order chi connectivity index (χ1) is 4.09. The molecular weight excluding hydrogens is 120 g/mol. The van der Waals surface area contributed by atoms with E-state index in [-0.39, 0.29) is 5.92 Å². The maximum absolute atomic E-state index is 10.2. The van der Waals surface area contributed by atoms with Gasteiger partial charge in [0.15, 0.2) is 0 Å². The third-order valence-corrected chi connectivity index (χ3v) is 1.54. The number of carboxylic acid groups (broad SMARTS) is 1. The number of nitrogens with two attached hydrogens (primary N) is 1. The van der Waals surface area contributed by atoms with Gasteiger partial charge in [0.2, 0.25) is 0 Å². The van der Waals surface area contributed by atoms with Crippen molar-refractivity contribution in [2.45, 2.75) is 26.3 Å². The first kappa shape index (κ1) is 8.43. The number of hydrogen-bond donors (Lipinski definition) is 2. The molecule has 0 bridgehead atoms. The van der Waals surface area contributed by atoms with Crippen molar-refractivity contribution >= 4 is 5.97 Å². The molecule has 0 aromatic heterocycles. The second-order valence-electron chi connectivity index (χ2n) is 2.25. The molecule has 0 aromatic rings. The summed E-state index contributed by atoms with van der Waals surface area (Å²) in [6.45, 7) is 3.76. The maximum Gasteiger partial charge on any atom is 0.320 e. The summed E-state index contributed by atoms with van der Waals surface area (Å²) in [5.41, 5.74) is 5.27. The van der Waals surface area contributed by atoms with Crippen LogP contribution >= 0.6 is 0 Å². The van der Waals surface area contributed by atoms with Crippen molar-refractivity contribution in [2.24, 2.45) is 11.7 Å². The molecule has 3 nitrogen and oxygen atoms in total. The van der Waals surface area contributed by atoms with E-state index < -0.39 is 12.0 Å². The molecule has 0 amide bonds. The summed E-state index contributed by atoms with van der Waals surface area (Å²) in [7, 11) is 0. The fourth-order valence-corrected chi connectivity index (χ4v) is 0.497. The van der Waals surface area contributed by atoms with Crippen molar-refractivity contribution in [1.29, 1.82) is 0 Å². The summed E-state index contributed by atoms with van der Waals surface area (Å²) in [4.78, 5) is 10.2. The largest absolute Gasteiger partial charge is 0.480 e. The molecule has 3 N–H and O–H groups in total. The van der Waals surface area contributed by atoms with Gasteiger partial charge in [-0.25, -0.2) is 0 Å². The van der Waals surface area contributed by atoms with Crippen LogP contribution in [0.5, 0.6) is 0 Å². The van der Waals surface area contributed by atoms with Crippen LogP contribution in [-0.2, 0) is 4.79 Å². The van der Waals surface area contributed by atoms with E-state index in [1.165, 1.54) is 0 Å². The zero-order valence-electron chi connectivity index (χ0n) is 5.79. The lowest BCUT2D eigenvalue weighted by atomic mass is 10.1. The average Bonchev–Trinajstić information content (AvgIpc) is 1.84. The smallest absolute Gasteiger partial charge is 0.320 e. The molecule has 0 heterocycles. The van der Waals surface area contributed by atoms with Gasteiger partial charge in [-0.2, -0.15) is 0 Å². The summed E-state index contributed by atoms with van der Waals surface area (Å²) in [5, 5.41) is 8.36. The van der Waals surface area contributed by atoms with Gasteiger partial charge in [-0.15, -0.1) is 0 Å². The van der Waals surface area contributed by atoms with E-state index in [1.807, 2.05) is 13.8 Å². The van der Waals surface area contributed by atoms with E-state index in [2.05, 4.69) is 0 Å². The third kappa shape index (κ3) is 2.46. The van der Waals surface area contributed by atoms with E-state index >= 15 is 0 Å². The lowest BCUT2D eigenvalue weighted by Gasteiger charge is -2.11. The predicted octanol–water partition coefficient (Wildman–Crippen LogP) is 0.444. The molecule has 2 atom stereocenters. The highest BCUT2D eigenvalue weighted by molar-refractivity contribution is 5.73. The number of rotatable bonds is 3. The Labute approximate surface area is 54.9 Å². The molecule has 0 fully saturated rings. The van der Waals surface area contributed by atoms with Gasteiger partial charge in [-0.3, -0.25) is 4.79 Å². The van der Waals surface area contributed by atoms with Gasteiger partial charge in [-0.1, -0.05) is 20.3 Å². The molecular formula is C6H13NO2. The number of hydrogen-bond acceptors (Lipinski definition) is 2. The van der Waals surface area contributed by atoms with Crippen LogP contribution in [0.25, 0.3) is 0 Å². The molecule has 0 saturated carbocycles. The highest BCUT2D eigenvalue weighted by atomic mass is 16.4. The minimum absolute atomic E-state index is 0.0718. The molecule has 54 valence electrons. The lowest BCUT2D eigenvalue weighted by molar-refractivity contribution is -0.139. The summed E-state index contributed by atoms with van der Waals surface area (Å²) < 4.78 is 0. The Morgan fingerprint density at radius 2 is 2.22 bits per heavy atom. The topological polar surface area (TPSA) is 63.3 Å². The monoisotopic (exact) mass is 133 g/mol. The average molecular weight is 133 g/mol. The second-order valence-corrected chi connectivity index (χ2v) is 2.25. The first-order valence-electron chi connectivity index (χ1n) is 3.08. The van der Waals surface area contributed by atoms with Gasteiger partial charge in [0.1, 0.15) is 6.04 Å². The Bertz CT molecular complexity index is 103. The molecule has 0 radical (unpaired) electrons. The Kier molecular flexibility index (Phi) is 3.24. The summed E-state index contributed by atoms with van der Waals surface area (Å²) >= 11 is 0. The number of carbonyl (C=O) groups is 1. The van der Waals surface area contributed by atoms with Crippen molar-refractivity contribution in [3.05, 3.63) is 0 Å². The van der Waals surface area contributed by atoms with Gasteiger partial charge in [0.25, 0.3) is 0 Å². The van der Waals surface area contributed by atoms with Crippen LogP contribution in [0.4, 0.5) is 0 Å². The van der Waals surface area contributed by atoms with Crippen molar-refractivity contribution in [1.82, 2.24) is 0 Å². The second kappa shape index (κ2) is 3.45. The van der Waals surface area contributed by atoms with Crippen LogP contribution in [0, 0.1) is 5.92 Å². The number of carboxylic acids is 1. The van der Waals surface area contributed by atoms with Gasteiger partial charge in [0, 0.05) is 0 Å². The van der Waals surface area contributed by atoms with Crippen molar-refractivity contribution in [3.8, 4) is 0 Å². The zero-order valence-corrected chi connectivity index (χ0v) is 5.79. The van der Waals surface area contributed by atoms with Crippen LogP contribution in [0.3, 0.4) is 0 Å². The minimum atomic E-state index is -0.913. The summed E-state index contributed by atoms with van der Waals surface area (Å²) in [6.07, 6.45) is 0.813. The fourth-order valence-electron chi connectivity index (χ4n) is 0.497. The Balaban J connectivity index is 3.72. The highest BCUT2D eigenvalue weighted by Crippen LogP contribution is 2.04. The van der Waals surface area contributed by atoms with Crippen molar-refractivity contribution < 1.29 is 9.90 Å². The zero-order chi connectivity index (χ0) is 7.44. The fraction of sp³-hybridized carbons (Fsp3) is 0.833. The normalized spacial score (nSPS) is 16.8. The standard InChI is InChI=1S/C6H13NO2/c1-3-4(2)5(7)6(8)9/h4-5H,3,7H2,1-2H3,(H,8,9)/t4-,5-/m0/s1/i1+1,2+1. The Morgan fingerprint density at radius 1 is 1.78 bits per heavy atom. The predicted molar refractivity (Wildman–Crippen MR) is 35.1 cm³/mol. The van der Waals surface area contributed by atoms with Gasteiger partial charge >= 0.3 is 5.97 Å². The van der Waals surface area contributed by atoms with Crippen LogP contribution in [-0.4, -0.2) is 17.1 Å². The van der Waals surface area contributed by atoms with Crippen molar-refractivity contribution in [3.63, 3.8) is 0 Å². The molecule has 9 heavy (non-hydrogen) atoms. The third-order valence-electron chi connectivity index (χ3n) is 1.54. The maximum atomic E-state index is 10.2. The first-order valence-corrected chi connectivity index (χ1v) is 3.08. The quantitative estimate of drug-likeness (QED) is 0.549. The number of aliphatic carboxylic acids is 1. The van der Waals surface area contributed by atoms with Gasteiger partial charge in [-0.05, 0) is 5.92 Å². The van der Waals surface area contributed by atoms with E-state index in [4.69, 9.17) is 10.8 Å². The molecule has 0 aliphatic rings. The molecule has 0 rings (SSSR count). The van der Waals surface area contributed by atoms with Crippen LogP contribution in [0.15, 0.2) is 0 Å². The Hall–Kier alpha value is -0.570. The molecule has 0 aromatic carbocycles. The summed E-state index contributed by atoms with van der Waals surface area (Å²) in [6, 6.07) is -0.699. The molecule has 0 unspecified atom stereocenters. The highest BCUT2D eigenvalue weighted by Gasteiger charge is 2.17. The van der Waals surface area contributed by atoms with E-state index in [0.29, 0.717) is 0 Å². The van der Waals surface area contributed by atoms with Crippen molar-refractivity contribution in [2.75, 3.05) is 0 Å². The van der Waals surface area contributed by atoms with Gasteiger partial charge < -0.3 is 10.8 Å². The van der Waals surface area contributed by atoms with E-state index in [0.717, 1.165) is 6.42 Å². The molecule has 0 aliphatic heterocycles. The molecule has 0 spiro atoms. The molecule has 0 saturated heterocycles. The van der Waals surface area contributed by atoms with E-state index in [1.54, 1.807) is 0 Å². The van der Waals surface area contributed by atoms with Gasteiger partial charge in [0.05, 0.1) is 0 Å². The lowest BCUT2D eigenvalue weighted by Crippen LogP contribution is -2.36. The van der Waals surface area contributed by atoms with Crippen LogP contribution in [0.1, 0.15) is 20.3 Å². The van der Waals surface area contributed by atoms with E-state index in [9.17, 15) is 4.79 Å². The van der Waals surface area contributed by atoms with Crippen LogP contribution in [0.2, 0.25) is 0 Å². The van der Waals surface area contributed by atoms with Crippen LogP contribution < -0.4 is 5.73 Å². The Morgan fingerprint density at radius 3 is 2.33 bits per heavy atom. The molecule has 3 heteroatoms. The molecule has 0 aliphatic carbocycles.